The second kappa shape index (κ2) is 5.09. The van der Waals surface area contributed by atoms with Crippen molar-refractivity contribution >= 4 is 5.97 Å². The monoisotopic (exact) mass is 285 g/mol. The van der Waals surface area contributed by atoms with E-state index in [1.165, 1.54) is 10.6 Å². The molecule has 1 N–H and O–H groups in total. The number of nitrogens with zero attached hydrogens (tertiary/aromatic N) is 1. The maximum atomic E-state index is 12.2. The maximum Gasteiger partial charge on any atom is 0.341 e. The predicted molar refractivity (Wildman–Crippen MR) is 77.9 cm³/mol. The topological polar surface area (TPSA) is 68.5 Å². The maximum absolute atomic E-state index is 12.2. The number of aromatic nitrogens is 1. The third kappa shape index (κ3) is 2.42. The molecule has 21 heavy (non-hydrogen) atoms. The van der Waals surface area contributed by atoms with E-state index in [9.17, 15) is 14.7 Å². The number of benzene rings is 1. The Kier molecular flexibility index (Phi) is 3.25. The van der Waals surface area contributed by atoms with Crippen molar-refractivity contribution in [3.05, 3.63) is 52.4 Å². The molecule has 0 aliphatic heterocycles. The average molecular weight is 285 g/mol. The summed E-state index contributed by atoms with van der Waals surface area (Å²) in [6.45, 7) is 0. The van der Waals surface area contributed by atoms with Gasteiger partial charge in [-0.2, -0.15) is 0 Å². The summed E-state index contributed by atoms with van der Waals surface area (Å²) in [7, 11) is 1.56. The SMILES string of the molecule is COc1ccccc1-c1cc(C(=O)O)c(=O)n(C2CC2)c1. The highest BCUT2D eigenvalue weighted by atomic mass is 16.5. The van der Waals surface area contributed by atoms with Crippen LogP contribution in [0.1, 0.15) is 29.2 Å². The molecule has 2 aromatic rings. The van der Waals surface area contributed by atoms with Gasteiger partial charge in [0.05, 0.1) is 7.11 Å². The summed E-state index contributed by atoms with van der Waals surface area (Å²) in [5, 5.41) is 9.25. The van der Waals surface area contributed by atoms with Gasteiger partial charge in [0.25, 0.3) is 5.56 Å². The molecule has 0 amide bonds. The number of carbonyl (C=O) groups is 1. The molecule has 1 aromatic carbocycles. The van der Waals surface area contributed by atoms with Crippen LogP contribution >= 0.6 is 0 Å². The van der Waals surface area contributed by atoms with Crippen molar-refractivity contribution in [2.75, 3.05) is 7.11 Å². The van der Waals surface area contributed by atoms with E-state index in [0.717, 1.165) is 18.4 Å². The standard InChI is InChI=1S/C16H15NO4/c1-21-14-5-3-2-4-12(14)10-8-13(16(19)20)15(18)17(9-10)11-6-7-11/h2-5,8-9,11H,6-7H2,1H3,(H,19,20). The Morgan fingerprint density at radius 1 is 1.33 bits per heavy atom. The van der Waals surface area contributed by atoms with Crippen molar-refractivity contribution in [2.45, 2.75) is 18.9 Å². The van der Waals surface area contributed by atoms with E-state index in [2.05, 4.69) is 0 Å². The fraction of sp³-hybridized carbons (Fsp3) is 0.250. The summed E-state index contributed by atoms with van der Waals surface area (Å²) in [6.07, 6.45) is 3.55. The van der Waals surface area contributed by atoms with Crippen molar-refractivity contribution in [1.82, 2.24) is 4.57 Å². The molecule has 5 nitrogen and oxygen atoms in total. The number of para-hydroxylation sites is 1. The molecule has 0 unspecified atom stereocenters. The predicted octanol–water partition coefficient (Wildman–Crippen LogP) is 2.56. The summed E-state index contributed by atoms with van der Waals surface area (Å²) in [6, 6.07) is 8.89. The number of methoxy groups -OCH3 is 1. The largest absolute Gasteiger partial charge is 0.496 e. The van der Waals surface area contributed by atoms with Crippen molar-refractivity contribution in [3.63, 3.8) is 0 Å². The Balaban J connectivity index is 2.23. The number of aromatic carboxylic acids is 1. The first-order chi connectivity index (χ1) is 10.1. The van der Waals surface area contributed by atoms with Crippen LogP contribution in [0.25, 0.3) is 11.1 Å². The summed E-state index contributed by atoms with van der Waals surface area (Å²) in [4.78, 5) is 23.5. The molecule has 108 valence electrons. The molecule has 1 saturated carbocycles. The Morgan fingerprint density at radius 2 is 2.05 bits per heavy atom. The Labute approximate surface area is 121 Å². The van der Waals surface area contributed by atoms with Gasteiger partial charge in [-0.3, -0.25) is 4.79 Å². The van der Waals surface area contributed by atoms with Crippen LogP contribution in [0, 0.1) is 0 Å². The highest BCUT2D eigenvalue weighted by Gasteiger charge is 2.27. The molecule has 0 bridgehead atoms. The molecule has 1 aliphatic carbocycles. The van der Waals surface area contributed by atoms with Crippen LogP contribution in [0.15, 0.2) is 41.3 Å². The van der Waals surface area contributed by atoms with Crippen molar-refractivity contribution < 1.29 is 14.6 Å². The third-order valence-electron chi connectivity index (χ3n) is 3.63. The first-order valence-electron chi connectivity index (χ1n) is 6.74. The van der Waals surface area contributed by atoms with Gasteiger partial charge >= 0.3 is 5.97 Å². The van der Waals surface area contributed by atoms with Gasteiger partial charge < -0.3 is 14.4 Å². The summed E-state index contributed by atoms with van der Waals surface area (Å²) in [5.41, 5.74) is 0.808. The van der Waals surface area contributed by atoms with Crippen molar-refractivity contribution in [3.8, 4) is 16.9 Å². The minimum Gasteiger partial charge on any atom is -0.496 e. The fourth-order valence-corrected chi connectivity index (χ4v) is 2.41. The molecule has 1 fully saturated rings. The van der Waals surface area contributed by atoms with E-state index in [1.54, 1.807) is 13.3 Å². The van der Waals surface area contributed by atoms with E-state index in [0.29, 0.717) is 11.3 Å². The molecule has 3 rings (SSSR count). The molecule has 0 atom stereocenters. The van der Waals surface area contributed by atoms with E-state index in [4.69, 9.17) is 4.74 Å². The number of ether oxygens (including phenoxy) is 1. The van der Waals surface area contributed by atoms with Crippen molar-refractivity contribution in [1.29, 1.82) is 0 Å². The Morgan fingerprint density at radius 3 is 2.67 bits per heavy atom. The first kappa shape index (κ1) is 13.4. The lowest BCUT2D eigenvalue weighted by atomic mass is 10.0. The number of rotatable bonds is 4. The molecule has 5 heteroatoms. The second-order valence-electron chi connectivity index (χ2n) is 5.09. The van der Waals surface area contributed by atoms with Gasteiger partial charge in [0.2, 0.25) is 0 Å². The van der Waals surface area contributed by atoms with Gasteiger partial charge in [0.1, 0.15) is 11.3 Å². The fourth-order valence-electron chi connectivity index (χ4n) is 2.41. The van der Waals surface area contributed by atoms with Gasteiger partial charge in [-0.25, -0.2) is 4.79 Å². The normalized spacial score (nSPS) is 14.0. The summed E-state index contributed by atoms with van der Waals surface area (Å²) >= 11 is 0. The van der Waals surface area contributed by atoms with Crippen LogP contribution in [-0.4, -0.2) is 22.8 Å². The van der Waals surface area contributed by atoms with Crippen LogP contribution in [0.2, 0.25) is 0 Å². The average Bonchev–Trinajstić information content (AvgIpc) is 3.32. The van der Waals surface area contributed by atoms with Gasteiger partial charge in [-0.15, -0.1) is 0 Å². The van der Waals surface area contributed by atoms with Gasteiger partial charge in [-0.05, 0) is 25.0 Å². The molecular weight excluding hydrogens is 270 g/mol. The third-order valence-corrected chi connectivity index (χ3v) is 3.63. The van der Waals surface area contributed by atoms with E-state index in [-0.39, 0.29) is 11.6 Å². The molecular formula is C16H15NO4. The van der Waals surface area contributed by atoms with E-state index in [1.807, 2.05) is 24.3 Å². The Bertz CT molecular complexity index is 759. The minimum atomic E-state index is -1.20. The molecule has 1 heterocycles. The number of carboxylic acids is 1. The second-order valence-corrected chi connectivity index (χ2v) is 5.09. The van der Waals surface area contributed by atoms with Crippen molar-refractivity contribution in [2.24, 2.45) is 0 Å². The minimum absolute atomic E-state index is 0.116. The van der Waals surface area contributed by atoms with Crippen LogP contribution in [0.4, 0.5) is 0 Å². The zero-order chi connectivity index (χ0) is 15.0. The quantitative estimate of drug-likeness (QED) is 0.937. The molecule has 0 spiro atoms. The van der Waals surface area contributed by atoms with Gasteiger partial charge in [0.15, 0.2) is 0 Å². The highest BCUT2D eigenvalue weighted by molar-refractivity contribution is 5.89. The molecule has 1 aliphatic rings. The number of hydrogen-bond donors (Lipinski definition) is 1. The van der Waals surface area contributed by atoms with Crippen LogP contribution in [-0.2, 0) is 0 Å². The van der Waals surface area contributed by atoms with Crippen LogP contribution in [0.5, 0.6) is 5.75 Å². The van der Waals surface area contributed by atoms with E-state index < -0.39 is 11.5 Å². The highest BCUT2D eigenvalue weighted by Crippen LogP contribution is 2.36. The summed E-state index contributed by atoms with van der Waals surface area (Å²) < 4.78 is 6.84. The lowest BCUT2D eigenvalue weighted by Gasteiger charge is -2.12. The van der Waals surface area contributed by atoms with Gasteiger partial charge in [-0.1, -0.05) is 18.2 Å². The zero-order valence-corrected chi connectivity index (χ0v) is 11.6. The first-order valence-corrected chi connectivity index (χ1v) is 6.74. The van der Waals surface area contributed by atoms with E-state index >= 15 is 0 Å². The summed E-state index contributed by atoms with van der Waals surface area (Å²) in [5.74, 6) is -0.555. The zero-order valence-electron chi connectivity index (χ0n) is 11.6. The number of pyridine rings is 1. The molecule has 1 aromatic heterocycles. The Hall–Kier alpha value is -2.56. The lowest BCUT2D eigenvalue weighted by Crippen LogP contribution is -2.25. The smallest absolute Gasteiger partial charge is 0.341 e. The molecule has 0 radical (unpaired) electrons. The lowest BCUT2D eigenvalue weighted by molar-refractivity contribution is 0.0694. The van der Waals surface area contributed by atoms with Gasteiger partial charge in [0, 0.05) is 23.4 Å². The molecule has 0 saturated heterocycles. The number of carboxylic acid groups (broad SMARTS) is 1. The number of hydrogen-bond acceptors (Lipinski definition) is 3. The van der Waals surface area contributed by atoms with Crippen LogP contribution in [0.3, 0.4) is 0 Å². The van der Waals surface area contributed by atoms with Crippen LogP contribution < -0.4 is 10.3 Å².